The van der Waals surface area contributed by atoms with Gasteiger partial charge >= 0.3 is 0 Å². The number of hydrogen-bond acceptors (Lipinski definition) is 4. The Kier molecular flexibility index (Phi) is 6.45. The van der Waals surface area contributed by atoms with Crippen molar-refractivity contribution in [2.75, 3.05) is 12.0 Å². The number of carbonyl (C=O) groups excluding carboxylic acids is 1. The van der Waals surface area contributed by atoms with Crippen LogP contribution in [-0.2, 0) is 0 Å². The number of aromatic nitrogens is 1. The van der Waals surface area contributed by atoms with Crippen LogP contribution in [0.25, 0.3) is 0 Å². The molecule has 0 aliphatic heterocycles. The van der Waals surface area contributed by atoms with Crippen LogP contribution < -0.4 is 16.6 Å². The Morgan fingerprint density at radius 1 is 1.40 bits per heavy atom. The van der Waals surface area contributed by atoms with Crippen LogP contribution in [0.5, 0.6) is 0 Å². The van der Waals surface area contributed by atoms with Crippen molar-refractivity contribution in [3.63, 3.8) is 0 Å². The van der Waals surface area contributed by atoms with E-state index >= 15 is 0 Å². The van der Waals surface area contributed by atoms with Gasteiger partial charge in [0, 0.05) is 12.7 Å². The monoisotopic (exact) mass is 278 g/mol. The number of hydrazine groups is 1. The van der Waals surface area contributed by atoms with Gasteiger partial charge in [-0.05, 0) is 24.0 Å². The number of hydrogen-bond donors (Lipinski definition) is 3. The summed E-state index contributed by atoms with van der Waals surface area (Å²) in [5.41, 5.74) is 3.67. The lowest BCUT2D eigenvalue weighted by Crippen LogP contribution is -2.34. The average Bonchev–Trinajstić information content (AvgIpc) is 2.45. The number of nitrogens with two attached hydrogens (primary N) is 1. The molecule has 1 heterocycles. The Morgan fingerprint density at radius 3 is 2.80 bits per heavy atom. The number of rotatable bonds is 8. The molecule has 0 radical (unpaired) electrons. The zero-order valence-corrected chi connectivity index (χ0v) is 12.7. The highest BCUT2D eigenvalue weighted by Crippen LogP contribution is 2.22. The molecule has 0 aliphatic carbocycles. The maximum atomic E-state index is 12.0. The van der Waals surface area contributed by atoms with E-state index in [9.17, 15) is 4.79 Å². The Balaban J connectivity index is 2.49. The highest BCUT2D eigenvalue weighted by Gasteiger charge is 2.19. The highest BCUT2D eigenvalue weighted by atomic mass is 16.1. The molecule has 0 saturated carbocycles. The van der Waals surface area contributed by atoms with Crippen molar-refractivity contribution in [2.24, 2.45) is 11.3 Å². The second kappa shape index (κ2) is 7.85. The summed E-state index contributed by atoms with van der Waals surface area (Å²) < 4.78 is 0. The number of unbranched alkanes of at least 4 members (excludes halogenated alkanes) is 2. The molecule has 4 N–H and O–H groups in total. The smallest absolute Gasteiger partial charge is 0.269 e. The number of anilines is 1. The van der Waals surface area contributed by atoms with Gasteiger partial charge in [0.15, 0.2) is 0 Å². The molecule has 1 aromatic heterocycles. The van der Waals surface area contributed by atoms with Crippen LogP contribution in [0.4, 0.5) is 5.69 Å². The Labute approximate surface area is 121 Å². The summed E-state index contributed by atoms with van der Waals surface area (Å²) in [6.45, 7) is 7.19. The standard InChI is InChI=1S/C15H26N4O/c1-4-5-6-8-15(2,3)11-18-14(20)13-10-12(19-16)7-9-17-13/h7,9-10H,4-6,8,11,16H2,1-3H3,(H,17,19)(H,18,20). The third kappa shape index (κ3) is 5.57. The van der Waals surface area contributed by atoms with Crippen molar-refractivity contribution in [3.8, 4) is 0 Å². The molecule has 0 fully saturated rings. The molecule has 0 spiro atoms. The first-order chi connectivity index (χ1) is 9.48. The Hall–Kier alpha value is -1.62. The van der Waals surface area contributed by atoms with Gasteiger partial charge in [-0.15, -0.1) is 0 Å². The summed E-state index contributed by atoms with van der Waals surface area (Å²) in [7, 11) is 0. The average molecular weight is 278 g/mol. The van der Waals surface area contributed by atoms with Gasteiger partial charge in [0.2, 0.25) is 0 Å². The van der Waals surface area contributed by atoms with Gasteiger partial charge in [-0.2, -0.15) is 0 Å². The second-order valence-electron chi connectivity index (χ2n) is 5.88. The van der Waals surface area contributed by atoms with Crippen LogP contribution in [0.3, 0.4) is 0 Å². The largest absolute Gasteiger partial charge is 0.350 e. The normalized spacial score (nSPS) is 11.2. The molecule has 112 valence electrons. The Bertz CT molecular complexity index is 432. The lowest BCUT2D eigenvalue weighted by molar-refractivity contribution is 0.0929. The number of pyridine rings is 1. The zero-order chi connectivity index (χ0) is 15.0. The maximum absolute atomic E-state index is 12.0. The third-order valence-electron chi connectivity index (χ3n) is 3.34. The predicted molar refractivity (Wildman–Crippen MR) is 82.3 cm³/mol. The molecule has 0 aromatic carbocycles. The molecular formula is C15H26N4O. The number of carbonyl (C=O) groups is 1. The van der Waals surface area contributed by atoms with Gasteiger partial charge in [-0.3, -0.25) is 15.6 Å². The highest BCUT2D eigenvalue weighted by molar-refractivity contribution is 5.93. The fourth-order valence-electron chi connectivity index (χ4n) is 2.00. The zero-order valence-electron chi connectivity index (χ0n) is 12.7. The van der Waals surface area contributed by atoms with Crippen LogP contribution in [0.2, 0.25) is 0 Å². The molecular weight excluding hydrogens is 252 g/mol. The first-order valence-corrected chi connectivity index (χ1v) is 7.19. The molecule has 0 bridgehead atoms. The molecule has 0 saturated heterocycles. The van der Waals surface area contributed by atoms with E-state index in [1.165, 1.54) is 19.3 Å². The van der Waals surface area contributed by atoms with Crippen LogP contribution in [-0.4, -0.2) is 17.4 Å². The van der Waals surface area contributed by atoms with E-state index in [0.29, 0.717) is 17.9 Å². The van der Waals surface area contributed by atoms with E-state index in [0.717, 1.165) is 6.42 Å². The molecule has 0 atom stereocenters. The SMILES string of the molecule is CCCCCC(C)(C)CNC(=O)c1cc(NN)ccn1. The summed E-state index contributed by atoms with van der Waals surface area (Å²) >= 11 is 0. The first kappa shape index (κ1) is 16.4. The van der Waals surface area contributed by atoms with Gasteiger partial charge in [-0.25, -0.2) is 0 Å². The van der Waals surface area contributed by atoms with E-state index in [-0.39, 0.29) is 11.3 Å². The number of amides is 1. The maximum Gasteiger partial charge on any atom is 0.269 e. The molecule has 1 aromatic rings. The number of nitrogens with zero attached hydrogens (tertiary/aromatic N) is 1. The van der Waals surface area contributed by atoms with Crippen molar-refractivity contribution in [2.45, 2.75) is 46.5 Å². The molecule has 5 nitrogen and oxygen atoms in total. The summed E-state index contributed by atoms with van der Waals surface area (Å²) in [5.74, 6) is 5.16. The lowest BCUT2D eigenvalue weighted by atomic mass is 9.87. The van der Waals surface area contributed by atoms with Crippen molar-refractivity contribution in [1.29, 1.82) is 0 Å². The number of nitrogen functional groups attached to an aromatic ring is 1. The fourth-order valence-corrected chi connectivity index (χ4v) is 2.00. The minimum Gasteiger partial charge on any atom is -0.350 e. The first-order valence-electron chi connectivity index (χ1n) is 7.19. The van der Waals surface area contributed by atoms with Gasteiger partial charge in [0.1, 0.15) is 5.69 Å². The van der Waals surface area contributed by atoms with E-state index in [4.69, 9.17) is 5.84 Å². The van der Waals surface area contributed by atoms with Crippen LogP contribution in [0.15, 0.2) is 18.3 Å². The van der Waals surface area contributed by atoms with E-state index in [1.54, 1.807) is 18.3 Å². The van der Waals surface area contributed by atoms with Crippen LogP contribution in [0.1, 0.15) is 56.9 Å². The van der Waals surface area contributed by atoms with Crippen molar-refractivity contribution < 1.29 is 4.79 Å². The predicted octanol–water partition coefficient (Wildman–Crippen LogP) is 2.70. The van der Waals surface area contributed by atoms with Crippen LogP contribution >= 0.6 is 0 Å². The van der Waals surface area contributed by atoms with Crippen molar-refractivity contribution in [1.82, 2.24) is 10.3 Å². The van der Waals surface area contributed by atoms with Crippen LogP contribution in [0, 0.1) is 5.41 Å². The van der Waals surface area contributed by atoms with E-state index in [1.807, 2.05) is 0 Å². The summed E-state index contributed by atoms with van der Waals surface area (Å²) in [5, 5.41) is 2.95. The van der Waals surface area contributed by atoms with Gasteiger partial charge in [0.25, 0.3) is 5.91 Å². The van der Waals surface area contributed by atoms with Crippen molar-refractivity contribution in [3.05, 3.63) is 24.0 Å². The minimum atomic E-state index is -0.161. The minimum absolute atomic E-state index is 0.106. The fraction of sp³-hybridized carbons (Fsp3) is 0.600. The topological polar surface area (TPSA) is 80.0 Å². The quantitative estimate of drug-likeness (QED) is 0.388. The number of nitrogens with one attached hydrogen (secondary N) is 2. The van der Waals surface area contributed by atoms with Crippen molar-refractivity contribution >= 4 is 11.6 Å². The van der Waals surface area contributed by atoms with Gasteiger partial charge < -0.3 is 10.7 Å². The molecule has 5 heteroatoms. The molecule has 0 aliphatic rings. The Morgan fingerprint density at radius 2 is 2.15 bits per heavy atom. The molecule has 0 unspecified atom stereocenters. The van der Waals surface area contributed by atoms with Gasteiger partial charge in [-0.1, -0.05) is 40.0 Å². The summed E-state index contributed by atoms with van der Waals surface area (Å²) in [6, 6.07) is 3.35. The molecule has 1 rings (SSSR count). The summed E-state index contributed by atoms with van der Waals surface area (Å²) in [6.07, 6.45) is 6.33. The second-order valence-corrected chi connectivity index (χ2v) is 5.88. The van der Waals surface area contributed by atoms with Gasteiger partial charge in [0.05, 0.1) is 5.69 Å². The third-order valence-corrected chi connectivity index (χ3v) is 3.34. The lowest BCUT2D eigenvalue weighted by Gasteiger charge is -2.24. The van der Waals surface area contributed by atoms with E-state index < -0.39 is 0 Å². The van der Waals surface area contributed by atoms with E-state index in [2.05, 4.69) is 36.5 Å². The summed E-state index contributed by atoms with van der Waals surface area (Å²) in [4.78, 5) is 16.1. The molecule has 1 amide bonds. The molecule has 20 heavy (non-hydrogen) atoms.